The first kappa shape index (κ1) is 20.5. The number of benzene rings is 1. The summed E-state index contributed by atoms with van der Waals surface area (Å²) in [7, 11) is 1.56. The molecule has 2 aromatic rings. The molecule has 1 aliphatic heterocycles. The number of non-ortho nitro benzene ring substituents is 1. The van der Waals surface area contributed by atoms with E-state index in [4.69, 9.17) is 4.74 Å². The highest BCUT2D eigenvalue weighted by atomic mass is 16.6. The summed E-state index contributed by atoms with van der Waals surface area (Å²) in [6.45, 7) is 2.00. The highest BCUT2D eigenvalue weighted by molar-refractivity contribution is 5.84. The first-order valence-corrected chi connectivity index (χ1v) is 9.45. The van der Waals surface area contributed by atoms with Gasteiger partial charge in [-0.25, -0.2) is 0 Å². The Balaban J connectivity index is 1.75. The van der Waals surface area contributed by atoms with Gasteiger partial charge in [-0.15, -0.1) is 0 Å². The van der Waals surface area contributed by atoms with Crippen molar-refractivity contribution in [1.82, 2.24) is 14.8 Å². The van der Waals surface area contributed by atoms with Crippen LogP contribution in [0.1, 0.15) is 30.1 Å². The Morgan fingerprint density at radius 3 is 2.66 bits per heavy atom. The molecule has 9 heteroatoms. The fourth-order valence-electron chi connectivity index (χ4n) is 3.53. The topological polar surface area (TPSA) is 107 Å². The normalized spacial score (nSPS) is 15.6. The van der Waals surface area contributed by atoms with E-state index in [2.05, 4.69) is 9.88 Å². The van der Waals surface area contributed by atoms with Crippen molar-refractivity contribution < 1.29 is 19.2 Å². The zero-order valence-electron chi connectivity index (χ0n) is 16.2. The number of carbonyl (C=O) groups excluding carboxylic acids is 2. The van der Waals surface area contributed by atoms with Gasteiger partial charge in [-0.3, -0.25) is 19.7 Å². The van der Waals surface area contributed by atoms with E-state index >= 15 is 0 Å². The van der Waals surface area contributed by atoms with Crippen LogP contribution in [-0.2, 0) is 20.9 Å². The van der Waals surface area contributed by atoms with Gasteiger partial charge in [0.1, 0.15) is 0 Å². The third-order valence-electron chi connectivity index (χ3n) is 4.97. The molecule has 0 radical (unpaired) electrons. The zero-order valence-corrected chi connectivity index (χ0v) is 16.2. The van der Waals surface area contributed by atoms with Gasteiger partial charge in [0.05, 0.1) is 17.6 Å². The summed E-state index contributed by atoms with van der Waals surface area (Å²) in [4.78, 5) is 37.1. The molecule has 0 unspecified atom stereocenters. The number of ether oxygens (including phenoxy) is 1. The molecule has 1 atom stereocenters. The van der Waals surface area contributed by atoms with Gasteiger partial charge < -0.3 is 19.5 Å². The molecule has 0 saturated heterocycles. The van der Waals surface area contributed by atoms with Gasteiger partial charge in [-0.2, -0.15) is 0 Å². The summed E-state index contributed by atoms with van der Waals surface area (Å²) in [5.74, 6) is -0.314. The minimum absolute atomic E-state index is 0.00514. The van der Waals surface area contributed by atoms with Crippen LogP contribution in [0.2, 0.25) is 0 Å². The van der Waals surface area contributed by atoms with Crippen LogP contribution in [-0.4, -0.2) is 53.0 Å². The number of aromatic nitrogens is 1. The van der Waals surface area contributed by atoms with Crippen molar-refractivity contribution in [2.75, 3.05) is 26.8 Å². The summed E-state index contributed by atoms with van der Waals surface area (Å²) in [5, 5.41) is 13.7. The van der Waals surface area contributed by atoms with Crippen LogP contribution < -0.4 is 5.32 Å². The number of carbonyl (C=O) groups is 2. The molecule has 29 heavy (non-hydrogen) atoms. The van der Waals surface area contributed by atoms with Gasteiger partial charge in [-0.1, -0.05) is 0 Å². The molecule has 3 rings (SSSR count). The van der Waals surface area contributed by atoms with Gasteiger partial charge in [0.15, 0.2) is 0 Å². The summed E-state index contributed by atoms with van der Waals surface area (Å²) in [5.41, 5.74) is 1.75. The Kier molecular flexibility index (Phi) is 6.61. The molecule has 0 saturated carbocycles. The molecule has 2 heterocycles. The van der Waals surface area contributed by atoms with Crippen LogP contribution in [0.25, 0.3) is 0 Å². The van der Waals surface area contributed by atoms with Crippen molar-refractivity contribution in [2.45, 2.75) is 25.4 Å². The number of hydrogen-bond donors (Lipinski definition) is 1. The molecule has 1 aromatic carbocycles. The van der Waals surface area contributed by atoms with E-state index in [1.165, 1.54) is 12.1 Å². The van der Waals surface area contributed by atoms with E-state index in [1.54, 1.807) is 24.1 Å². The summed E-state index contributed by atoms with van der Waals surface area (Å²) in [6, 6.07) is 9.79. The maximum atomic E-state index is 12.9. The predicted octanol–water partition coefficient (Wildman–Crippen LogP) is 1.87. The maximum absolute atomic E-state index is 12.9. The smallest absolute Gasteiger partial charge is 0.269 e. The van der Waals surface area contributed by atoms with E-state index < -0.39 is 4.92 Å². The van der Waals surface area contributed by atoms with Crippen LogP contribution in [0.15, 0.2) is 42.6 Å². The Bertz CT molecular complexity index is 877. The summed E-state index contributed by atoms with van der Waals surface area (Å²) < 4.78 is 6.97. The Morgan fingerprint density at radius 1 is 1.21 bits per heavy atom. The molecule has 1 aromatic heterocycles. The van der Waals surface area contributed by atoms with Crippen molar-refractivity contribution in [3.05, 3.63) is 64.0 Å². The molecule has 0 fully saturated rings. The number of methoxy groups -OCH3 is 1. The van der Waals surface area contributed by atoms with Crippen molar-refractivity contribution in [2.24, 2.45) is 0 Å². The lowest BCUT2D eigenvalue weighted by molar-refractivity contribution is -0.384. The second kappa shape index (κ2) is 9.33. The summed E-state index contributed by atoms with van der Waals surface area (Å²) in [6.07, 6.45) is 2.16. The Labute approximate surface area is 168 Å². The lowest BCUT2D eigenvalue weighted by atomic mass is 9.99. The van der Waals surface area contributed by atoms with Gasteiger partial charge >= 0.3 is 0 Å². The number of nitro groups is 1. The monoisotopic (exact) mass is 400 g/mol. The van der Waals surface area contributed by atoms with E-state index in [9.17, 15) is 19.7 Å². The highest BCUT2D eigenvalue weighted by Crippen LogP contribution is 2.33. The molecular formula is C20H24N4O5. The minimum Gasteiger partial charge on any atom is -0.383 e. The number of fused-ring (bicyclic) bond motifs is 1. The molecule has 0 aliphatic carbocycles. The maximum Gasteiger partial charge on any atom is 0.269 e. The quantitative estimate of drug-likeness (QED) is 0.414. The van der Waals surface area contributed by atoms with Crippen LogP contribution >= 0.6 is 0 Å². The third kappa shape index (κ3) is 4.80. The Morgan fingerprint density at radius 2 is 1.97 bits per heavy atom. The number of hydrogen-bond acceptors (Lipinski definition) is 5. The molecule has 0 bridgehead atoms. The summed E-state index contributed by atoms with van der Waals surface area (Å²) >= 11 is 0. The first-order valence-electron chi connectivity index (χ1n) is 9.45. The first-order chi connectivity index (χ1) is 14.0. The number of nitro benzene ring substituents is 1. The van der Waals surface area contributed by atoms with Gasteiger partial charge in [0, 0.05) is 63.6 Å². The van der Waals surface area contributed by atoms with Crippen LogP contribution in [0.4, 0.5) is 5.69 Å². The van der Waals surface area contributed by atoms with E-state index in [0.717, 1.165) is 11.3 Å². The minimum atomic E-state index is -0.446. The van der Waals surface area contributed by atoms with Crippen molar-refractivity contribution >= 4 is 17.5 Å². The second-order valence-electron chi connectivity index (χ2n) is 6.81. The standard InChI is InChI=1S/C20H24N4O5/c1-29-14-10-21-18(25)8-9-19(26)23-13-12-22-11-2-3-17(22)20(23)15-4-6-16(7-5-15)24(27)28/h2-7,11,20H,8-10,12-14H2,1H3,(H,21,25)/t20-/m1/s1. The second-order valence-corrected chi connectivity index (χ2v) is 6.81. The van der Waals surface area contributed by atoms with Crippen molar-refractivity contribution in [3.63, 3.8) is 0 Å². The van der Waals surface area contributed by atoms with Crippen LogP contribution in [0, 0.1) is 10.1 Å². The number of amides is 2. The SMILES string of the molecule is COCCNC(=O)CCC(=O)N1CCn2cccc2[C@H]1c1ccc([N+](=O)[O-])cc1. The molecule has 1 N–H and O–H groups in total. The molecule has 1 aliphatic rings. The number of rotatable bonds is 8. The predicted molar refractivity (Wildman–Crippen MR) is 105 cm³/mol. The molecule has 0 spiro atoms. The number of nitrogens with one attached hydrogen (secondary N) is 1. The van der Waals surface area contributed by atoms with Crippen molar-refractivity contribution in [3.8, 4) is 0 Å². The van der Waals surface area contributed by atoms with Gasteiger partial charge in [0.2, 0.25) is 11.8 Å². The largest absolute Gasteiger partial charge is 0.383 e. The molecular weight excluding hydrogens is 376 g/mol. The number of nitrogens with zero attached hydrogens (tertiary/aromatic N) is 3. The zero-order chi connectivity index (χ0) is 20.8. The fourth-order valence-corrected chi connectivity index (χ4v) is 3.53. The lowest BCUT2D eigenvalue weighted by Crippen LogP contribution is -2.42. The highest BCUT2D eigenvalue weighted by Gasteiger charge is 2.32. The van der Waals surface area contributed by atoms with Crippen LogP contribution in [0.3, 0.4) is 0 Å². The van der Waals surface area contributed by atoms with Gasteiger partial charge in [-0.05, 0) is 29.8 Å². The molecule has 154 valence electrons. The lowest BCUT2D eigenvalue weighted by Gasteiger charge is -2.37. The van der Waals surface area contributed by atoms with Crippen LogP contribution in [0.5, 0.6) is 0 Å². The average molecular weight is 400 g/mol. The molecule has 9 nitrogen and oxygen atoms in total. The van der Waals surface area contributed by atoms with Gasteiger partial charge in [0.25, 0.3) is 5.69 Å². The average Bonchev–Trinajstić information content (AvgIpc) is 3.20. The van der Waals surface area contributed by atoms with E-state index in [0.29, 0.717) is 26.2 Å². The third-order valence-corrected chi connectivity index (χ3v) is 4.97. The van der Waals surface area contributed by atoms with E-state index in [1.807, 2.05) is 18.3 Å². The van der Waals surface area contributed by atoms with E-state index in [-0.39, 0.29) is 36.4 Å². The molecule has 2 amide bonds. The van der Waals surface area contributed by atoms with Crippen molar-refractivity contribution in [1.29, 1.82) is 0 Å². The fraction of sp³-hybridized carbons (Fsp3) is 0.400. The Hall–Kier alpha value is -3.20.